The van der Waals surface area contributed by atoms with Gasteiger partial charge < -0.3 is 28.4 Å². The van der Waals surface area contributed by atoms with Crippen LogP contribution in [0.3, 0.4) is 0 Å². The van der Waals surface area contributed by atoms with Crippen LogP contribution in [-0.2, 0) is 42.8 Å². The molecule has 1 aliphatic heterocycles. The molecule has 0 amide bonds. The zero-order valence-electron chi connectivity index (χ0n) is 17.3. The molecule has 0 bridgehead atoms. The summed E-state index contributed by atoms with van der Waals surface area (Å²) in [6.07, 6.45) is -6.80. The van der Waals surface area contributed by atoms with Crippen molar-refractivity contribution in [2.45, 2.75) is 61.3 Å². The van der Waals surface area contributed by atoms with Crippen LogP contribution in [-0.4, -0.2) is 78.1 Å². The number of azide groups is 1. The number of carbonyl (C=O) groups is 3. The van der Waals surface area contributed by atoms with Crippen molar-refractivity contribution < 1.29 is 42.8 Å². The summed E-state index contributed by atoms with van der Waals surface area (Å²) in [6, 6.07) is -1.45. The average molecular weight is 520 g/mol. The Labute approximate surface area is 197 Å². The van der Waals surface area contributed by atoms with Crippen LogP contribution < -0.4 is 0 Å². The third-order valence-corrected chi connectivity index (χ3v) is 4.45. The first-order valence-corrected chi connectivity index (χ1v) is 10.0. The number of halogens is 3. The fourth-order valence-electron chi connectivity index (χ4n) is 2.63. The van der Waals surface area contributed by atoms with Crippen molar-refractivity contribution in [2.75, 3.05) is 13.7 Å². The van der Waals surface area contributed by atoms with Crippen molar-refractivity contribution in [1.82, 2.24) is 0 Å². The summed E-state index contributed by atoms with van der Waals surface area (Å²) >= 11 is 16.9. The van der Waals surface area contributed by atoms with Crippen molar-refractivity contribution in [3.05, 3.63) is 10.4 Å². The van der Waals surface area contributed by atoms with E-state index in [0.29, 0.717) is 0 Å². The van der Waals surface area contributed by atoms with Gasteiger partial charge in [-0.15, -0.1) is 0 Å². The Morgan fingerprint density at radius 1 is 1.19 bits per heavy atom. The minimum absolute atomic E-state index is 0.455. The monoisotopic (exact) mass is 518 g/mol. The van der Waals surface area contributed by atoms with Crippen LogP contribution in [0.4, 0.5) is 0 Å². The van der Waals surface area contributed by atoms with E-state index in [4.69, 9.17) is 69.4 Å². The van der Waals surface area contributed by atoms with Gasteiger partial charge in [0.25, 0.3) is 3.79 Å². The number of nitrogens with one attached hydrogen (secondary N) is 1. The molecule has 1 heterocycles. The highest BCUT2D eigenvalue weighted by atomic mass is 35.6. The van der Waals surface area contributed by atoms with Gasteiger partial charge >= 0.3 is 17.9 Å². The molecule has 32 heavy (non-hydrogen) atoms. The van der Waals surface area contributed by atoms with E-state index in [0.717, 1.165) is 21.0 Å². The highest BCUT2D eigenvalue weighted by Crippen LogP contribution is 2.34. The van der Waals surface area contributed by atoms with Crippen molar-refractivity contribution in [3.8, 4) is 0 Å². The fraction of sp³-hybridized carbons (Fsp3) is 0.750. The van der Waals surface area contributed by atoms with Gasteiger partial charge in [0.1, 0.15) is 24.9 Å². The molecule has 1 fully saturated rings. The number of nitrogens with zero attached hydrogens (tertiary/aromatic N) is 3. The number of hydrogen-bond donors (Lipinski definition) is 1. The minimum atomic E-state index is -2.29. The molecule has 0 aliphatic carbocycles. The second-order valence-corrected chi connectivity index (χ2v) is 8.61. The Bertz CT molecular complexity index is 772. The average Bonchev–Trinajstić information content (AvgIpc) is 2.68. The number of rotatable bonds is 8. The zero-order chi connectivity index (χ0) is 24.6. The maximum Gasteiger partial charge on any atom is 0.334 e. The van der Waals surface area contributed by atoms with Crippen molar-refractivity contribution in [1.29, 1.82) is 5.41 Å². The Kier molecular flexibility index (Phi) is 10.8. The van der Waals surface area contributed by atoms with Gasteiger partial charge in [-0.1, -0.05) is 39.9 Å². The summed E-state index contributed by atoms with van der Waals surface area (Å²) in [5.41, 5.74) is 9.04. The lowest BCUT2D eigenvalue weighted by Crippen LogP contribution is -2.62. The van der Waals surface area contributed by atoms with Gasteiger partial charge in [0, 0.05) is 18.8 Å². The molecule has 0 aromatic heterocycles. The fourth-order valence-corrected chi connectivity index (χ4v) is 2.77. The molecule has 0 saturated carbocycles. The maximum atomic E-state index is 11.9. The standard InChI is InChI=1S/C16H21Cl3N4O9/c1-6(13(26)27-4)29-12-10(22-23-21)14(32-15(20)16(17,18)19)31-9(5-28-7(2)24)11(12)30-8(3)25/h6,9-12,14,20H,5H2,1-4H3/t6-,9-,10-,11-,12-,14+/m1/s1. The van der Waals surface area contributed by atoms with E-state index < -0.39 is 71.0 Å². The van der Waals surface area contributed by atoms with Gasteiger partial charge in [-0.05, 0) is 12.5 Å². The van der Waals surface area contributed by atoms with E-state index in [-0.39, 0.29) is 0 Å². The smallest absolute Gasteiger partial charge is 0.334 e. The topological polar surface area (TPSA) is 179 Å². The number of alkyl halides is 3. The largest absolute Gasteiger partial charge is 0.467 e. The van der Waals surface area contributed by atoms with Crippen LogP contribution >= 0.6 is 34.8 Å². The Hall–Kier alpha value is -2.02. The molecule has 6 atom stereocenters. The van der Waals surface area contributed by atoms with Gasteiger partial charge in [-0.25, -0.2) is 4.79 Å². The summed E-state index contributed by atoms with van der Waals surface area (Å²) in [7, 11) is 1.12. The summed E-state index contributed by atoms with van der Waals surface area (Å²) in [5, 5.41) is 11.3. The predicted octanol–water partition coefficient (Wildman–Crippen LogP) is 2.20. The van der Waals surface area contributed by atoms with E-state index in [2.05, 4.69) is 14.8 Å². The Morgan fingerprint density at radius 3 is 2.28 bits per heavy atom. The molecule has 0 unspecified atom stereocenters. The molecule has 16 heteroatoms. The SMILES string of the molecule is COC(=O)[C@@H](C)O[C@@H]1[C@@H](N=[N+]=[N-])[C@H](OC(=N)C(Cl)(Cl)Cl)O[C@H](COC(C)=O)[C@H]1OC(C)=O. The molecule has 0 spiro atoms. The number of methoxy groups -OCH3 is 1. The summed E-state index contributed by atoms with van der Waals surface area (Å²) in [5.74, 6) is -3.14. The molecule has 0 aromatic rings. The second-order valence-electron chi connectivity index (χ2n) is 6.33. The molecular formula is C16H21Cl3N4O9. The van der Waals surface area contributed by atoms with E-state index in [1.807, 2.05) is 0 Å². The lowest BCUT2D eigenvalue weighted by molar-refractivity contribution is -0.264. The molecule has 1 rings (SSSR count). The number of hydrogen-bond acceptors (Lipinski definition) is 11. The second kappa shape index (κ2) is 12.3. The first kappa shape index (κ1) is 28.0. The zero-order valence-corrected chi connectivity index (χ0v) is 19.6. The molecule has 1 aliphatic rings. The first-order valence-electron chi connectivity index (χ1n) is 8.87. The van der Waals surface area contributed by atoms with E-state index in [9.17, 15) is 14.4 Å². The van der Waals surface area contributed by atoms with Crippen LogP contribution in [0.15, 0.2) is 5.11 Å². The van der Waals surface area contributed by atoms with Crippen LogP contribution in [0.5, 0.6) is 0 Å². The van der Waals surface area contributed by atoms with Crippen LogP contribution in [0, 0.1) is 5.41 Å². The third-order valence-electron chi connectivity index (χ3n) is 3.94. The summed E-state index contributed by atoms with van der Waals surface area (Å²) in [6.45, 7) is 3.10. The molecule has 1 N–H and O–H groups in total. The highest BCUT2D eigenvalue weighted by molar-refractivity contribution is 6.76. The molecule has 1 saturated heterocycles. The van der Waals surface area contributed by atoms with Crippen LogP contribution in [0.1, 0.15) is 20.8 Å². The Balaban J connectivity index is 3.44. The summed E-state index contributed by atoms with van der Waals surface area (Å²) in [4.78, 5) is 37.6. The number of esters is 3. The van der Waals surface area contributed by atoms with Gasteiger partial charge in [0.05, 0.1) is 7.11 Å². The lowest BCUT2D eigenvalue weighted by atomic mass is 9.96. The number of carbonyl (C=O) groups excluding carboxylic acids is 3. The van der Waals surface area contributed by atoms with Crippen molar-refractivity contribution >= 4 is 58.6 Å². The number of ether oxygens (including phenoxy) is 6. The molecule has 0 aromatic carbocycles. The van der Waals surface area contributed by atoms with Crippen LogP contribution in [0.2, 0.25) is 0 Å². The van der Waals surface area contributed by atoms with Gasteiger partial charge in [0.2, 0.25) is 12.2 Å². The quantitative estimate of drug-likeness (QED) is 0.0735. The minimum Gasteiger partial charge on any atom is -0.467 e. The predicted molar refractivity (Wildman–Crippen MR) is 109 cm³/mol. The normalized spacial score (nSPS) is 26.2. The van der Waals surface area contributed by atoms with E-state index in [1.165, 1.54) is 6.92 Å². The third kappa shape index (κ3) is 8.15. The molecule has 180 valence electrons. The van der Waals surface area contributed by atoms with Crippen molar-refractivity contribution in [2.24, 2.45) is 5.11 Å². The lowest BCUT2D eigenvalue weighted by Gasteiger charge is -2.44. The van der Waals surface area contributed by atoms with E-state index >= 15 is 0 Å². The first-order chi connectivity index (χ1) is 14.8. The molecule has 13 nitrogen and oxygen atoms in total. The molecular weight excluding hydrogens is 499 g/mol. The highest BCUT2D eigenvalue weighted by Gasteiger charge is 2.52. The van der Waals surface area contributed by atoms with Gasteiger partial charge in [-0.2, -0.15) is 0 Å². The maximum absolute atomic E-state index is 11.9. The van der Waals surface area contributed by atoms with Gasteiger partial charge in [-0.3, -0.25) is 15.0 Å². The van der Waals surface area contributed by atoms with Crippen molar-refractivity contribution in [3.63, 3.8) is 0 Å². The van der Waals surface area contributed by atoms with E-state index in [1.54, 1.807) is 0 Å². The Morgan fingerprint density at radius 2 is 1.81 bits per heavy atom. The van der Waals surface area contributed by atoms with Crippen LogP contribution in [0.25, 0.3) is 10.4 Å². The van der Waals surface area contributed by atoms with Gasteiger partial charge in [0.15, 0.2) is 12.2 Å². The molecule has 0 radical (unpaired) electrons. The summed E-state index contributed by atoms with van der Waals surface area (Å²) < 4.78 is 29.0.